The molecular weight excluding hydrogens is 256 g/mol. The Bertz CT molecular complexity index is 411. The monoisotopic (exact) mass is 290 g/mol. The fourth-order valence-corrected chi connectivity index (χ4v) is 2.53. The molecule has 1 N–H and O–H groups in total. The molecule has 120 valence electrons. The van der Waals surface area contributed by atoms with E-state index < -0.39 is 0 Å². The maximum Gasteiger partial charge on any atom is 0.0177 e. The summed E-state index contributed by atoms with van der Waals surface area (Å²) in [7, 11) is 2.25. The molecule has 0 radical (unpaired) electrons. The van der Waals surface area contributed by atoms with Crippen molar-refractivity contribution in [2.75, 3.05) is 20.1 Å². The molecule has 0 saturated heterocycles. The fourth-order valence-electron chi connectivity index (χ4n) is 2.53. The molecule has 1 unspecified atom stereocenters. The van der Waals surface area contributed by atoms with E-state index in [1.165, 1.54) is 5.56 Å². The summed E-state index contributed by atoms with van der Waals surface area (Å²) in [6.07, 6.45) is 1.16. The smallest absolute Gasteiger partial charge is 0.0177 e. The highest BCUT2D eigenvalue weighted by molar-refractivity contribution is 5.26. The van der Waals surface area contributed by atoms with Crippen LogP contribution in [-0.2, 0) is 5.41 Å². The second kappa shape index (κ2) is 7.42. The lowest BCUT2D eigenvalue weighted by Crippen LogP contribution is -2.51. The van der Waals surface area contributed by atoms with Crippen molar-refractivity contribution in [3.63, 3.8) is 0 Å². The van der Waals surface area contributed by atoms with E-state index in [4.69, 9.17) is 0 Å². The van der Waals surface area contributed by atoms with E-state index in [0.717, 1.165) is 19.5 Å². The van der Waals surface area contributed by atoms with Crippen LogP contribution in [0.2, 0.25) is 0 Å². The first-order valence-electron chi connectivity index (χ1n) is 8.21. The van der Waals surface area contributed by atoms with Gasteiger partial charge in [0.15, 0.2) is 0 Å². The van der Waals surface area contributed by atoms with Crippen molar-refractivity contribution in [2.45, 2.75) is 65.0 Å². The van der Waals surface area contributed by atoms with Gasteiger partial charge in [-0.05, 0) is 32.9 Å². The second-order valence-corrected chi connectivity index (χ2v) is 7.48. The zero-order valence-corrected chi connectivity index (χ0v) is 15.0. The predicted molar refractivity (Wildman–Crippen MR) is 93.9 cm³/mol. The lowest BCUT2D eigenvalue weighted by molar-refractivity contribution is 0.117. The Kier molecular flexibility index (Phi) is 6.42. The van der Waals surface area contributed by atoms with Crippen LogP contribution in [-0.4, -0.2) is 36.6 Å². The third kappa shape index (κ3) is 5.12. The summed E-state index contributed by atoms with van der Waals surface area (Å²) < 4.78 is 0. The van der Waals surface area contributed by atoms with Crippen molar-refractivity contribution in [3.8, 4) is 0 Å². The first-order chi connectivity index (χ1) is 9.71. The second-order valence-electron chi connectivity index (χ2n) is 7.48. The van der Waals surface area contributed by atoms with E-state index >= 15 is 0 Å². The predicted octanol–water partition coefficient (Wildman–Crippen LogP) is 4.06. The topological polar surface area (TPSA) is 15.3 Å². The van der Waals surface area contributed by atoms with Crippen LogP contribution in [0.15, 0.2) is 30.3 Å². The van der Waals surface area contributed by atoms with Gasteiger partial charge in [0.05, 0.1) is 0 Å². The van der Waals surface area contributed by atoms with Gasteiger partial charge in [0.25, 0.3) is 0 Å². The fraction of sp³-hybridized carbons (Fsp3) is 0.684. The number of likely N-dealkylation sites (N-methyl/N-ethyl adjacent to an activating group) is 1. The molecule has 1 aromatic rings. The molecule has 21 heavy (non-hydrogen) atoms. The van der Waals surface area contributed by atoms with Gasteiger partial charge in [-0.15, -0.1) is 0 Å². The molecule has 0 aliphatic carbocycles. The lowest BCUT2D eigenvalue weighted by Gasteiger charge is -2.42. The Morgan fingerprint density at radius 3 is 2.14 bits per heavy atom. The Morgan fingerprint density at radius 2 is 1.67 bits per heavy atom. The van der Waals surface area contributed by atoms with Gasteiger partial charge in [-0.2, -0.15) is 0 Å². The number of nitrogens with one attached hydrogen (secondary N) is 1. The van der Waals surface area contributed by atoms with Crippen LogP contribution in [0.4, 0.5) is 0 Å². The van der Waals surface area contributed by atoms with Crippen LogP contribution in [0.3, 0.4) is 0 Å². The summed E-state index contributed by atoms with van der Waals surface area (Å²) >= 11 is 0. The highest BCUT2D eigenvalue weighted by Gasteiger charge is 2.32. The van der Waals surface area contributed by atoms with Crippen molar-refractivity contribution >= 4 is 0 Å². The zero-order chi connectivity index (χ0) is 16.1. The van der Waals surface area contributed by atoms with Gasteiger partial charge in [-0.25, -0.2) is 0 Å². The van der Waals surface area contributed by atoms with Gasteiger partial charge >= 0.3 is 0 Å². The zero-order valence-electron chi connectivity index (χ0n) is 15.0. The van der Waals surface area contributed by atoms with Crippen molar-refractivity contribution < 1.29 is 0 Å². The highest BCUT2D eigenvalue weighted by Crippen LogP contribution is 2.28. The minimum atomic E-state index is 0.118. The van der Waals surface area contributed by atoms with Gasteiger partial charge < -0.3 is 10.2 Å². The Balaban J connectivity index is 2.97. The molecule has 0 aliphatic heterocycles. The van der Waals surface area contributed by atoms with Crippen molar-refractivity contribution in [1.82, 2.24) is 10.2 Å². The van der Waals surface area contributed by atoms with E-state index in [1.807, 2.05) is 0 Å². The van der Waals surface area contributed by atoms with Gasteiger partial charge in [0, 0.05) is 30.1 Å². The Morgan fingerprint density at radius 1 is 1.10 bits per heavy atom. The van der Waals surface area contributed by atoms with E-state index in [1.54, 1.807) is 0 Å². The summed E-state index contributed by atoms with van der Waals surface area (Å²) in [6, 6.07) is 11.4. The number of nitrogens with zero attached hydrogens (tertiary/aromatic N) is 1. The maximum absolute atomic E-state index is 3.63. The molecule has 0 heterocycles. The Hall–Kier alpha value is -0.860. The summed E-state index contributed by atoms with van der Waals surface area (Å²) in [5.74, 6) is 0. The van der Waals surface area contributed by atoms with Gasteiger partial charge in [0.1, 0.15) is 0 Å². The number of rotatable bonds is 8. The molecular formula is C19H34N2. The van der Waals surface area contributed by atoms with Crippen LogP contribution in [0, 0.1) is 0 Å². The average molecular weight is 290 g/mol. The summed E-state index contributed by atoms with van der Waals surface area (Å²) in [4.78, 5) is 2.50. The molecule has 0 spiro atoms. The largest absolute Gasteiger partial charge is 0.314 e. The summed E-state index contributed by atoms with van der Waals surface area (Å²) in [5, 5.41) is 3.63. The summed E-state index contributed by atoms with van der Waals surface area (Å²) in [6.45, 7) is 15.8. The first-order valence-corrected chi connectivity index (χ1v) is 8.21. The number of benzene rings is 1. The van der Waals surface area contributed by atoms with Crippen LogP contribution in [0.5, 0.6) is 0 Å². The molecule has 1 aromatic carbocycles. The minimum absolute atomic E-state index is 0.118. The van der Waals surface area contributed by atoms with E-state index in [2.05, 4.69) is 89.1 Å². The molecule has 1 rings (SSSR count). The van der Waals surface area contributed by atoms with Crippen LogP contribution in [0.1, 0.15) is 53.5 Å². The molecule has 1 atom stereocenters. The van der Waals surface area contributed by atoms with Gasteiger partial charge in [-0.1, -0.05) is 58.0 Å². The van der Waals surface area contributed by atoms with Crippen molar-refractivity contribution in [1.29, 1.82) is 0 Å². The number of hydrogen-bond donors (Lipinski definition) is 1. The quantitative estimate of drug-likeness (QED) is 0.776. The normalized spacial score (nSPS) is 15.5. The standard InChI is InChI=1S/C19H34N2/c1-8-18(4,5)21(7)15-19(6,14-20-16(2)3)17-12-10-9-11-13-17/h9-13,16,20H,8,14-15H2,1-7H3. The Labute approximate surface area is 131 Å². The number of hydrogen-bond acceptors (Lipinski definition) is 2. The SMILES string of the molecule is CCC(C)(C)N(C)CC(C)(CNC(C)C)c1ccccc1. The van der Waals surface area contributed by atoms with Crippen LogP contribution < -0.4 is 5.32 Å². The van der Waals surface area contributed by atoms with Crippen molar-refractivity contribution in [3.05, 3.63) is 35.9 Å². The highest BCUT2D eigenvalue weighted by atomic mass is 15.2. The molecule has 0 fully saturated rings. The van der Waals surface area contributed by atoms with Crippen LogP contribution >= 0.6 is 0 Å². The lowest BCUT2D eigenvalue weighted by atomic mass is 9.80. The molecule has 0 amide bonds. The molecule has 0 aromatic heterocycles. The summed E-state index contributed by atoms with van der Waals surface area (Å²) in [5.41, 5.74) is 1.76. The molecule has 0 bridgehead atoms. The minimum Gasteiger partial charge on any atom is -0.314 e. The third-order valence-electron chi connectivity index (χ3n) is 4.86. The molecule has 2 nitrogen and oxygen atoms in total. The van der Waals surface area contributed by atoms with Gasteiger partial charge in [-0.3, -0.25) is 0 Å². The maximum atomic E-state index is 3.63. The average Bonchev–Trinajstić information content (AvgIpc) is 2.46. The van der Waals surface area contributed by atoms with E-state index in [9.17, 15) is 0 Å². The molecule has 2 heteroatoms. The first kappa shape index (κ1) is 18.2. The van der Waals surface area contributed by atoms with Crippen molar-refractivity contribution in [2.24, 2.45) is 0 Å². The molecule has 0 aliphatic rings. The van der Waals surface area contributed by atoms with E-state index in [0.29, 0.717) is 6.04 Å². The molecule has 0 saturated carbocycles. The third-order valence-corrected chi connectivity index (χ3v) is 4.86. The van der Waals surface area contributed by atoms with Gasteiger partial charge in [0.2, 0.25) is 0 Å². The van der Waals surface area contributed by atoms with Crippen LogP contribution in [0.25, 0.3) is 0 Å². The van der Waals surface area contributed by atoms with E-state index in [-0.39, 0.29) is 11.0 Å².